The molecule has 0 unspecified atom stereocenters. The molecule has 0 saturated heterocycles. The third-order valence-corrected chi connectivity index (χ3v) is 4.60. The molecular formula is C18H14N2O2S. The first kappa shape index (κ1) is 14.0. The van der Waals surface area contributed by atoms with Gasteiger partial charge in [-0.3, -0.25) is 4.79 Å². The molecular weight excluding hydrogens is 308 g/mol. The van der Waals surface area contributed by atoms with Crippen molar-refractivity contribution in [1.82, 2.24) is 4.98 Å². The molecule has 2 heterocycles. The molecule has 0 fully saturated rings. The quantitative estimate of drug-likeness (QED) is 0.793. The first-order valence-corrected chi connectivity index (χ1v) is 8.25. The van der Waals surface area contributed by atoms with Crippen molar-refractivity contribution >= 4 is 22.9 Å². The molecule has 1 amide bonds. The minimum absolute atomic E-state index is 0.191. The van der Waals surface area contributed by atoms with Gasteiger partial charge in [-0.25, -0.2) is 4.98 Å². The van der Waals surface area contributed by atoms with E-state index in [0.29, 0.717) is 5.69 Å². The molecule has 0 spiro atoms. The number of ether oxygens (including phenoxy) is 1. The van der Waals surface area contributed by atoms with Crippen LogP contribution in [-0.2, 0) is 6.42 Å². The number of benzene rings is 2. The van der Waals surface area contributed by atoms with Gasteiger partial charge in [0.25, 0.3) is 5.91 Å². The number of nitrogens with zero attached hydrogens (tertiary/aromatic N) is 1. The Morgan fingerprint density at radius 3 is 2.91 bits per heavy atom. The molecule has 0 saturated carbocycles. The van der Waals surface area contributed by atoms with E-state index in [1.807, 2.05) is 42.5 Å². The van der Waals surface area contributed by atoms with Crippen molar-refractivity contribution in [2.24, 2.45) is 0 Å². The fourth-order valence-corrected chi connectivity index (χ4v) is 3.34. The fraction of sp³-hybridized carbons (Fsp3) is 0.111. The Morgan fingerprint density at radius 1 is 1.17 bits per heavy atom. The SMILES string of the molecule is O=C(Nc1ccccc1)c1csc(-c2ccc3c(c2)CCO3)n1. The molecule has 1 aliphatic rings. The largest absolute Gasteiger partial charge is 0.493 e. The van der Waals surface area contributed by atoms with Crippen LogP contribution in [-0.4, -0.2) is 17.5 Å². The fourth-order valence-electron chi connectivity index (χ4n) is 2.55. The highest BCUT2D eigenvalue weighted by Crippen LogP contribution is 2.31. The van der Waals surface area contributed by atoms with Gasteiger partial charge in [0.15, 0.2) is 0 Å². The Balaban J connectivity index is 1.56. The van der Waals surface area contributed by atoms with Crippen molar-refractivity contribution in [2.75, 3.05) is 11.9 Å². The standard InChI is InChI=1S/C18H14N2O2S/c21-17(19-14-4-2-1-3-5-14)15-11-23-18(20-15)13-6-7-16-12(10-13)8-9-22-16/h1-7,10-11H,8-9H2,(H,19,21). The number of hydrogen-bond acceptors (Lipinski definition) is 4. The molecule has 0 aliphatic carbocycles. The maximum atomic E-state index is 12.3. The molecule has 0 radical (unpaired) electrons. The Hall–Kier alpha value is -2.66. The molecule has 4 nitrogen and oxygen atoms in total. The van der Waals surface area contributed by atoms with Gasteiger partial charge in [-0.1, -0.05) is 18.2 Å². The number of rotatable bonds is 3. The summed E-state index contributed by atoms with van der Waals surface area (Å²) in [6, 6.07) is 15.4. The first-order valence-electron chi connectivity index (χ1n) is 7.37. The van der Waals surface area contributed by atoms with Crippen LogP contribution < -0.4 is 10.1 Å². The van der Waals surface area contributed by atoms with Crippen molar-refractivity contribution in [3.8, 4) is 16.3 Å². The maximum Gasteiger partial charge on any atom is 0.275 e. The number of anilines is 1. The van der Waals surface area contributed by atoms with Crippen LogP contribution in [0.1, 0.15) is 16.1 Å². The van der Waals surface area contributed by atoms with E-state index >= 15 is 0 Å². The maximum absolute atomic E-state index is 12.3. The number of nitrogens with one attached hydrogen (secondary N) is 1. The van der Waals surface area contributed by atoms with E-state index in [1.54, 1.807) is 5.38 Å². The number of aromatic nitrogens is 1. The molecule has 3 aromatic rings. The summed E-state index contributed by atoms with van der Waals surface area (Å²) in [6.45, 7) is 0.737. The lowest BCUT2D eigenvalue weighted by molar-refractivity contribution is 0.102. The number of hydrogen-bond donors (Lipinski definition) is 1. The molecule has 1 aliphatic heterocycles. The van der Waals surface area contributed by atoms with E-state index in [1.165, 1.54) is 16.9 Å². The second-order valence-electron chi connectivity index (χ2n) is 5.28. The smallest absolute Gasteiger partial charge is 0.275 e. The van der Waals surface area contributed by atoms with Crippen molar-refractivity contribution in [2.45, 2.75) is 6.42 Å². The number of carbonyl (C=O) groups excluding carboxylic acids is 1. The van der Waals surface area contributed by atoms with Crippen LogP contribution in [0.3, 0.4) is 0 Å². The molecule has 23 heavy (non-hydrogen) atoms. The number of thiazole rings is 1. The number of para-hydroxylation sites is 1. The van der Waals surface area contributed by atoms with Crippen molar-refractivity contribution < 1.29 is 9.53 Å². The van der Waals surface area contributed by atoms with E-state index in [9.17, 15) is 4.79 Å². The summed E-state index contributed by atoms with van der Waals surface area (Å²) in [7, 11) is 0. The predicted molar refractivity (Wildman–Crippen MR) is 91.1 cm³/mol. The molecule has 5 heteroatoms. The second-order valence-corrected chi connectivity index (χ2v) is 6.14. The Bertz CT molecular complexity index is 858. The summed E-state index contributed by atoms with van der Waals surface area (Å²) in [5.74, 6) is 0.760. The van der Waals surface area contributed by atoms with Crippen molar-refractivity contribution in [3.63, 3.8) is 0 Å². The van der Waals surface area contributed by atoms with E-state index in [4.69, 9.17) is 4.74 Å². The Kier molecular flexibility index (Phi) is 3.55. The zero-order valence-corrected chi connectivity index (χ0v) is 13.1. The van der Waals surface area contributed by atoms with E-state index in [2.05, 4.69) is 16.4 Å². The summed E-state index contributed by atoms with van der Waals surface area (Å²) in [6.07, 6.45) is 0.926. The Labute approximate surface area is 137 Å². The van der Waals surface area contributed by atoms with Crippen LogP contribution in [0.25, 0.3) is 10.6 Å². The predicted octanol–water partition coefficient (Wildman–Crippen LogP) is 4.00. The van der Waals surface area contributed by atoms with Gasteiger partial charge in [-0.05, 0) is 35.9 Å². The summed E-state index contributed by atoms with van der Waals surface area (Å²) < 4.78 is 5.52. The monoisotopic (exact) mass is 322 g/mol. The lowest BCUT2D eigenvalue weighted by Gasteiger charge is -2.02. The Morgan fingerprint density at radius 2 is 2.04 bits per heavy atom. The second kappa shape index (κ2) is 5.85. The average molecular weight is 322 g/mol. The minimum Gasteiger partial charge on any atom is -0.493 e. The van der Waals surface area contributed by atoms with Gasteiger partial charge >= 0.3 is 0 Å². The van der Waals surface area contributed by atoms with Crippen LogP contribution in [0, 0.1) is 0 Å². The molecule has 0 atom stereocenters. The van der Waals surface area contributed by atoms with Crippen LogP contribution in [0.5, 0.6) is 5.75 Å². The number of carbonyl (C=O) groups is 1. The van der Waals surface area contributed by atoms with Gasteiger partial charge in [0.05, 0.1) is 6.61 Å². The van der Waals surface area contributed by atoms with Crippen LogP contribution in [0.4, 0.5) is 5.69 Å². The number of amides is 1. The van der Waals surface area contributed by atoms with E-state index in [-0.39, 0.29) is 5.91 Å². The van der Waals surface area contributed by atoms with Crippen molar-refractivity contribution in [1.29, 1.82) is 0 Å². The molecule has 0 bridgehead atoms. The summed E-state index contributed by atoms with van der Waals surface area (Å²) in [4.78, 5) is 16.7. The normalized spacial score (nSPS) is 12.5. The molecule has 114 valence electrons. The third-order valence-electron chi connectivity index (χ3n) is 3.70. The van der Waals surface area contributed by atoms with Gasteiger partial charge in [0, 0.05) is 23.1 Å². The topological polar surface area (TPSA) is 51.2 Å². The zero-order valence-electron chi connectivity index (χ0n) is 12.3. The zero-order chi connectivity index (χ0) is 15.6. The molecule has 1 aromatic heterocycles. The third kappa shape index (κ3) is 2.83. The van der Waals surface area contributed by atoms with Crippen LogP contribution in [0.15, 0.2) is 53.9 Å². The number of fused-ring (bicyclic) bond motifs is 1. The van der Waals surface area contributed by atoms with Crippen molar-refractivity contribution in [3.05, 3.63) is 65.2 Å². The lowest BCUT2D eigenvalue weighted by atomic mass is 10.1. The molecule has 1 N–H and O–H groups in total. The van der Waals surface area contributed by atoms with Gasteiger partial charge in [-0.2, -0.15) is 0 Å². The molecule has 4 rings (SSSR count). The van der Waals surface area contributed by atoms with Crippen LogP contribution >= 0.6 is 11.3 Å². The first-order chi connectivity index (χ1) is 11.3. The minimum atomic E-state index is -0.191. The van der Waals surface area contributed by atoms with Gasteiger partial charge < -0.3 is 10.1 Å². The van der Waals surface area contributed by atoms with Gasteiger partial charge in [-0.15, -0.1) is 11.3 Å². The lowest BCUT2D eigenvalue weighted by Crippen LogP contribution is -2.12. The summed E-state index contributed by atoms with van der Waals surface area (Å²) >= 11 is 1.47. The summed E-state index contributed by atoms with van der Waals surface area (Å²) in [5.41, 5.74) is 3.43. The van der Waals surface area contributed by atoms with Gasteiger partial charge in [0.2, 0.25) is 0 Å². The highest BCUT2D eigenvalue weighted by atomic mass is 32.1. The molecule has 2 aromatic carbocycles. The highest BCUT2D eigenvalue weighted by Gasteiger charge is 2.16. The van der Waals surface area contributed by atoms with E-state index < -0.39 is 0 Å². The van der Waals surface area contributed by atoms with E-state index in [0.717, 1.165) is 35.0 Å². The average Bonchev–Trinajstić information content (AvgIpc) is 3.24. The van der Waals surface area contributed by atoms with Gasteiger partial charge in [0.1, 0.15) is 16.5 Å². The van der Waals surface area contributed by atoms with Crippen LogP contribution in [0.2, 0.25) is 0 Å². The summed E-state index contributed by atoms with van der Waals surface area (Å²) in [5, 5.41) is 5.48. The highest BCUT2D eigenvalue weighted by molar-refractivity contribution is 7.13.